The van der Waals surface area contributed by atoms with Gasteiger partial charge in [0.25, 0.3) is 0 Å². The van der Waals surface area contributed by atoms with E-state index in [0.29, 0.717) is 11.4 Å². The number of aromatic nitrogens is 2. The molecule has 0 fully saturated rings. The summed E-state index contributed by atoms with van der Waals surface area (Å²) in [6.07, 6.45) is 1.70. The third-order valence-corrected chi connectivity index (χ3v) is 3.29. The van der Waals surface area contributed by atoms with Crippen LogP contribution in [-0.4, -0.2) is 16.0 Å². The summed E-state index contributed by atoms with van der Waals surface area (Å²) >= 11 is 4.23. The van der Waals surface area contributed by atoms with E-state index in [1.807, 2.05) is 31.2 Å². The molecule has 0 saturated heterocycles. The molecule has 2 rings (SSSR count). The van der Waals surface area contributed by atoms with E-state index in [4.69, 9.17) is 0 Å². The molecule has 0 bridgehead atoms. The quantitative estimate of drug-likeness (QED) is 0.804. The molecule has 1 heterocycles. The van der Waals surface area contributed by atoms with Crippen LogP contribution in [0.3, 0.4) is 0 Å². The lowest BCUT2D eigenvalue weighted by atomic mass is 9.88. The van der Waals surface area contributed by atoms with Crippen molar-refractivity contribution in [3.8, 4) is 6.07 Å². The second-order valence-corrected chi connectivity index (χ2v) is 4.20. The normalized spacial score (nSPS) is 14.3. The highest BCUT2D eigenvalue weighted by Crippen LogP contribution is 2.28. The number of hydrogen-bond acceptors (Lipinski definition) is 4. The summed E-state index contributed by atoms with van der Waals surface area (Å²) in [4.78, 5) is 0. The van der Waals surface area contributed by atoms with Gasteiger partial charge in [-0.3, -0.25) is 0 Å². The van der Waals surface area contributed by atoms with Gasteiger partial charge in [0, 0.05) is 16.5 Å². The van der Waals surface area contributed by atoms with Gasteiger partial charge in [-0.15, -0.1) is 0 Å². The molecule has 1 unspecified atom stereocenters. The molecule has 4 heteroatoms. The van der Waals surface area contributed by atoms with Crippen LogP contribution in [0, 0.1) is 11.3 Å². The van der Waals surface area contributed by atoms with Gasteiger partial charge in [-0.2, -0.15) is 28.1 Å². The topological polar surface area (TPSA) is 49.6 Å². The van der Waals surface area contributed by atoms with E-state index in [0.717, 1.165) is 10.8 Å². The monoisotopic (exact) mass is 229 g/mol. The predicted molar refractivity (Wildman–Crippen MR) is 66.4 cm³/mol. The molecule has 2 aromatic rings. The third kappa shape index (κ3) is 1.63. The van der Waals surface area contributed by atoms with Gasteiger partial charge in [0.1, 0.15) is 5.41 Å². The van der Waals surface area contributed by atoms with Crippen LogP contribution in [0.4, 0.5) is 0 Å². The molecule has 0 aliphatic carbocycles. The van der Waals surface area contributed by atoms with Crippen molar-refractivity contribution in [3.05, 3.63) is 36.2 Å². The Balaban J connectivity index is 2.75. The zero-order valence-corrected chi connectivity index (χ0v) is 9.78. The van der Waals surface area contributed by atoms with Crippen LogP contribution in [0.5, 0.6) is 0 Å². The number of nitrogens with zero attached hydrogens (tertiary/aromatic N) is 3. The predicted octanol–water partition coefficient (Wildman–Crippen LogP) is 2.34. The molecule has 0 N–H and O–H groups in total. The van der Waals surface area contributed by atoms with E-state index in [1.54, 1.807) is 6.20 Å². The summed E-state index contributed by atoms with van der Waals surface area (Å²) in [5, 5.41) is 19.2. The van der Waals surface area contributed by atoms with Crippen LogP contribution < -0.4 is 0 Å². The Morgan fingerprint density at radius 3 is 2.88 bits per heavy atom. The van der Waals surface area contributed by atoms with Crippen molar-refractivity contribution >= 4 is 23.4 Å². The van der Waals surface area contributed by atoms with Gasteiger partial charge in [0.15, 0.2) is 0 Å². The summed E-state index contributed by atoms with van der Waals surface area (Å²) < 4.78 is 0. The highest BCUT2D eigenvalue weighted by molar-refractivity contribution is 7.80. The first-order chi connectivity index (χ1) is 7.71. The van der Waals surface area contributed by atoms with E-state index in [1.165, 1.54) is 0 Å². The Morgan fingerprint density at radius 1 is 1.44 bits per heavy atom. The lowest BCUT2D eigenvalue weighted by molar-refractivity contribution is 0.665. The molecule has 80 valence electrons. The number of nitriles is 1. The summed E-state index contributed by atoms with van der Waals surface area (Å²) in [6.45, 7) is 1.83. The summed E-state index contributed by atoms with van der Waals surface area (Å²) in [5.74, 6) is 0.423. The summed E-state index contributed by atoms with van der Waals surface area (Å²) in [6, 6.07) is 10.1. The van der Waals surface area contributed by atoms with Crippen LogP contribution in [0.25, 0.3) is 10.8 Å². The average Bonchev–Trinajstić information content (AvgIpc) is 2.37. The summed E-state index contributed by atoms with van der Waals surface area (Å²) in [7, 11) is 0. The minimum atomic E-state index is -0.697. The molecular weight excluding hydrogens is 218 g/mol. The second kappa shape index (κ2) is 4.11. The van der Waals surface area contributed by atoms with Crippen LogP contribution in [-0.2, 0) is 5.41 Å². The second-order valence-electron chi connectivity index (χ2n) is 3.88. The molecule has 0 radical (unpaired) electrons. The molecule has 16 heavy (non-hydrogen) atoms. The van der Waals surface area contributed by atoms with Crippen molar-refractivity contribution in [2.24, 2.45) is 0 Å². The Kier molecular flexibility index (Phi) is 2.80. The number of rotatable bonds is 2. The van der Waals surface area contributed by atoms with Gasteiger partial charge in [0.2, 0.25) is 0 Å². The molecule has 0 aliphatic heterocycles. The van der Waals surface area contributed by atoms with E-state index < -0.39 is 5.41 Å². The van der Waals surface area contributed by atoms with E-state index in [9.17, 15) is 5.26 Å². The fraction of sp³-hybridized carbons (Fsp3) is 0.250. The first-order valence-corrected chi connectivity index (χ1v) is 5.57. The number of hydrogen-bond donors (Lipinski definition) is 1. The fourth-order valence-electron chi connectivity index (χ4n) is 1.60. The molecule has 0 amide bonds. The number of benzene rings is 1. The number of fused-ring (bicyclic) bond motifs is 1. The molecule has 0 aliphatic rings. The van der Waals surface area contributed by atoms with Crippen molar-refractivity contribution in [2.45, 2.75) is 12.3 Å². The first-order valence-electron chi connectivity index (χ1n) is 4.94. The SMILES string of the molecule is CC(C#N)(CS)c1nncc2ccccc12. The highest BCUT2D eigenvalue weighted by Gasteiger charge is 2.28. The molecule has 1 aromatic heterocycles. The maximum absolute atomic E-state index is 9.23. The van der Waals surface area contributed by atoms with Gasteiger partial charge in [-0.05, 0) is 6.92 Å². The zero-order chi connectivity index (χ0) is 11.6. The fourth-order valence-corrected chi connectivity index (χ4v) is 1.82. The summed E-state index contributed by atoms with van der Waals surface area (Å²) in [5.41, 5.74) is -0.000131. The van der Waals surface area contributed by atoms with Gasteiger partial charge in [-0.25, -0.2) is 0 Å². The third-order valence-electron chi connectivity index (χ3n) is 2.66. The molecule has 1 atom stereocenters. The molecule has 0 saturated carbocycles. The standard InChI is InChI=1S/C12H11N3S/c1-12(7-13,8-16)11-10-5-3-2-4-9(10)6-14-15-11/h2-6,16H,8H2,1H3. The highest BCUT2D eigenvalue weighted by atomic mass is 32.1. The minimum Gasteiger partial charge on any atom is -0.197 e. The Bertz CT molecular complexity index is 556. The van der Waals surface area contributed by atoms with Crippen molar-refractivity contribution in [1.29, 1.82) is 5.26 Å². The van der Waals surface area contributed by atoms with Crippen LogP contribution >= 0.6 is 12.6 Å². The molecule has 3 nitrogen and oxygen atoms in total. The molecule has 1 aromatic carbocycles. The molecule has 0 spiro atoms. The van der Waals surface area contributed by atoms with Crippen molar-refractivity contribution in [1.82, 2.24) is 10.2 Å². The van der Waals surface area contributed by atoms with Crippen LogP contribution in [0.1, 0.15) is 12.6 Å². The maximum Gasteiger partial charge on any atom is 0.108 e. The maximum atomic E-state index is 9.23. The Hall–Kier alpha value is -1.60. The van der Waals surface area contributed by atoms with E-state index in [2.05, 4.69) is 28.9 Å². The van der Waals surface area contributed by atoms with Crippen LogP contribution in [0.15, 0.2) is 30.5 Å². The van der Waals surface area contributed by atoms with E-state index >= 15 is 0 Å². The number of thiol groups is 1. The zero-order valence-electron chi connectivity index (χ0n) is 8.88. The van der Waals surface area contributed by atoms with Gasteiger partial charge < -0.3 is 0 Å². The molecular formula is C12H11N3S. The largest absolute Gasteiger partial charge is 0.197 e. The minimum absolute atomic E-state index is 0.423. The Morgan fingerprint density at radius 2 is 2.19 bits per heavy atom. The lowest BCUT2D eigenvalue weighted by Crippen LogP contribution is -2.24. The van der Waals surface area contributed by atoms with Gasteiger partial charge in [-0.1, -0.05) is 24.3 Å². The van der Waals surface area contributed by atoms with Crippen molar-refractivity contribution in [3.63, 3.8) is 0 Å². The Labute approximate surface area is 99.5 Å². The lowest BCUT2D eigenvalue weighted by Gasteiger charge is -2.18. The van der Waals surface area contributed by atoms with Crippen molar-refractivity contribution < 1.29 is 0 Å². The first kappa shape index (κ1) is 10.9. The average molecular weight is 229 g/mol. The van der Waals surface area contributed by atoms with Crippen molar-refractivity contribution in [2.75, 3.05) is 5.75 Å². The van der Waals surface area contributed by atoms with Gasteiger partial charge in [0.05, 0.1) is 18.0 Å². The van der Waals surface area contributed by atoms with E-state index in [-0.39, 0.29) is 0 Å². The smallest absolute Gasteiger partial charge is 0.108 e. The van der Waals surface area contributed by atoms with Gasteiger partial charge >= 0.3 is 0 Å². The van der Waals surface area contributed by atoms with Crippen LogP contribution in [0.2, 0.25) is 0 Å².